The Morgan fingerprint density at radius 2 is 2.07 bits per heavy atom. The number of pyridine rings is 1. The molecule has 0 unspecified atom stereocenters. The molecule has 2 aromatic rings. The fraction of sp³-hybridized carbons (Fsp3) is 0.250. The summed E-state index contributed by atoms with van der Waals surface area (Å²) in [6, 6.07) is 5.93. The maximum Gasteiger partial charge on any atom is 0.0945 e. The first-order valence-electron chi connectivity index (χ1n) is 5.00. The molecule has 0 aliphatic carbocycles. The van der Waals surface area contributed by atoms with Crippen LogP contribution in [0.4, 0.5) is 0 Å². The summed E-state index contributed by atoms with van der Waals surface area (Å²) in [6.07, 6.45) is 5.38. The maximum atomic E-state index is 4.21. The molecule has 76 valence electrons. The van der Waals surface area contributed by atoms with E-state index in [0.717, 1.165) is 11.3 Å². The monoisotopic (exact) mass is 199 g/mol. The SMILES string of the molecule is CC(C)c1cncc(-c2cccnn2)c1. The lowest BCUT2D eigenvalue weighted by atomic mass is 10.0. The zero-order chi connectivity index (χ0) is 10.7. The minimum Gasteiger partial charge on any atom is -0.264 e. The van der Waals surface area contributed by atoms with Gasteiger partial charge in [0.05, 0.1) is 5.69 Å². The van der Waals surface area contributed by atoms with Crippen LogP contribution in [-0.4, -0.2) is 15.2 Å². The molecule has 0 saturated heterocycles. The van der Waals surface area contributed by atoms with Crippen molar-refractivity contribution < 1.29 is 0 Å². The second-order valence-corrected chi connectivity index (χ2v) is 3.77. The van der Waals surface area contributed by atoms with E-state index in [0.29, 0.717) is 5.92 Å². The Morgan fingerprint density at radius 3 is 2.73 bits per heavy atom. The van der Waals surface area contributed by atoms with Gasteiger partial charge in [-0.15, -0.1) is 0 Å². The summed E-state index contributed by atoms with van der Waals surface area (Å²) in [5, 5.41) is 7.92. The summed E-state index contributed by atoms with van der Waals surface area (Å²) in [5.41, 5.74) is 3.11. The van der Waals surface area contributed by atoms with E-state index in [2.05, 4.69) is 35.1 Å². The molecule has 0 aliphatic rings. The highest BCUT2D eigenvalue weighted by atomic mass is 15.1. The van der Waals surface area contributed by atoms with E-state index in [9.17, 15) is 0 Å². The molecule has 2 aromatic heterocycles. The van der Waals surface area contributed by atoms with Crippen LogP contribution in [-0.2, 0) is 0 Å². The second kappa shape index (κ2) is 4.17. The van der Waals surface area contributed by atoms with Gasteiger partial charge in [0.15, 0.2) is 0 Å². The van der Waals surface area contributed by atoms with Gasteiger partial charge in [-0.05, 0) is 29.7 Å². The first-order chi connectivity index (χ1) is 7.27. The van der Waals surface area contributed by atoms with Crippen LogP contribution in [0.25, 0.3) is 11.3 Å². The first kappa shape index (κ1) is 9.77. The molecule has 2 heterocycles. The van der Waals surface area contributed by atoms with Gasteiger partial charge in [0, 0.05) is 24.2 Å². The lowest BCUT2D eigenvalue weighted by molar-refractivity contribution is 0.858. The summed E-state index contributed by atoms with van der Waals surface area (Å²) in [7, 11) is 0. The normalized spacial score (nSPS) is 10.6. The Hall–Kier alpha value is -1.77. The van der Waals surface area contributed by atoms with Crippen molar-refractivity contribution in [2.24, 2.45) is 0 Å². The highest BCUT2D eigenvalue weighted by Crippen LogP contribution is 2.20. The van der Waals surface area contributed by atoms with Gasteiger partial charge in [-0.2, -0.15) is 10.2 Å². The summed E-state index contributed by atoms with van der Waals surface area (Å²) in [5.74, 6) is 0.481. The van der Waals surface area contributed by atoms with Crippen LogP contribution in [0.15, 0.2) is 36.8 Å². The largest absolute Gasteiger partial charge is 0.264 e. The van der Waals surface area contributed by atoms with Gasteiger partial charge in [0.1, 0.15) is 0 Å². The summed E-state index contributed by atoms with van der Waals surface area (Å²) in [6.45, 7) is 4.30. The Kier molecular flexibility index (Phi) is 2.72. The molecule has 3 heteroatoms. The van der Waals surface area contributed by atoms with Gasteiger partial charge in [-0.25, -0.2) is 0 Å². The highest BCUT2D eigenvalue weighted by molar-refractivity contribution is 5.57. The first-order valence-corrected chi connectivity index (χ1v) is 5.00. The fourth-order valence-corrected chi connectivity index (χ4v) is 1.37. The van der Waals surface area contributed by atoms with E-state index in [1.165, 1.54) is 5.56 Å². The molecule has 0 atom stereocenters. The van der Waals surface area contributed by atoms with Crippen molar-refractivity contribution in [1.82, 2.24) is 15.2 Å². The molecule has 0 aliphatic heterocycles. The molecule has 0 bridgehead atoms. The van der Waals surface area contributed by atoms with E-state index in [4.69, 9.17) is 0 Å². The van der Waals surface area contributed by atoms with Crippen molar-refractivity contribution >= 4 is 0 Å². The third kappa shape index (κ3) is 2.18. The van der Waals surface area contributed by atoms with Crippen molar-refractivity contribution in [3.8, 4) is 11.3 Å². The topological polar surface area (TPSA) is 38.7 Å². The van der Waals surface area contributed by atoms with E-state index < -0.39 is 0 Å². The summed E-state index contributed by atoms with van der Waals surface area (Å²) >= 11 is 0. The highest BCUT2D eigenvalue weighted by Gasteiger charge is 2.03. The smallest absolute Gasteiger partial charge is 0.0945 e. The van der Waals surface area contributed by atoms with Crippen LogP contribution in [0.2, 0.25) is 0 Å². The number of aromatic nitrogens is 3. The average Bonchev–Trinajstić information content (AvgIpc) is 2.30. The van der Waals surface area contributed by atoms with Crippen LogP contribution in [0.1, 0.15) is 25.3 Å². The molecular weight excluding hydrogens is 186 g/mol. The van der Waals surface area contributed by atoms with Crippen LogP contribution in [0.5, 0.6) is 0 Å². The van der Waals surface area contributed by atoms with Crippen molar-refractivity contribution in [1.29, 1.82) is 0 Å². The maximum absolute atomic E-state index is 4.21. The van der Waals surface area contributed by atoms with Crippen LogP contribution < -0.4 is 0 Å². The van der Waals surface area contributed by atoms with Gasteiger partial charge in [-0.1, -0.05) is 13.8 Å². The molecule has 0 amide bonds. The number of hydrogen-bond acceptors (Lipinski definition) is 3. The van der Waals surface area contributed by atoms with Crippen LogP contribution >= 0.6 is 0 Å². The molecule has 0 radical (unpaired) electrons. The van der Waals surface area contributed by atoms with E-state index in [1.807, 2.05) is 24.5 Å². The van der Waals surface area contributed by atoms with E-state index in [1.54, 1.807) is 6.20 Å². The molecule has 0 aromatic carbocycles. The molecule has 15 heavy (non-hydrogen) atoms. The quantitative estimate of drug-likeness (QED) is 0.746. The molecule has 0 saturated carbocycles. The second-order valence-electron chi connectivity index (χ2n) is 3.77. The molecule has 0 N–H and O–H groups in total. The van der Waals surface area contributed by atoms with Gasteiger partial charge in [-0.3, -0.25) is 4.98 Å². The zero-order valence-corrected chi connectivity index (χ0v) is 8.88. The van der Waals surface area contributed by atoms with E-state index >= 15 is 0 Å². The fourth-order valence-electron chi connectivity index (χ4n) is 1.37. The summed E-state index contributed by atoms with van der Waals surface area (Å²) < 4.78 is 0. The molecule has 2 rings (SSSR count). The van der Waals surface area contributed by atoms with Crippen molar-refractivity contribution in [2.75, 3.05) is 0 Å². The zero-order valence-electron chi connectivity index (χ0n) is 8.88. The minimum absolute atomic E-state index is 0.481. The number of hydrogen-bond donors (Lipinski definition) is 0. The Morgan fingerprint density at radius 1 is 1.20 bits per heavy atom. The van der Waals surface area contributed by atoms with Gasteiger partial charge >= 0.3 is 0 Å². The molecular formula is C12H13N3. The predicted octanol–water partition coefficient (Wildman–Crippen LogP) is 2.66. The third-order valence-corrected chi connectivity index (χ3v) is 2.29. The summed E-state index contributed by atoms with van der Waals surface area (Å²) in [4.78, 5) is 4.21. The van der Waals surface area contributed by atoms with Gasteiger partial charge in [0.25, 0.3) is 0 Å². The predicted molar refractivity (Wildman–Crippen MR) is 59.4 cm³/mol. The van der Waals surface area contributed by atoms with E-state index in [-0.39, 0.29) is 0 Å². The van der Waals surface area contributed by atoms with Crippen LogP contribution in [0, 0.1) is 0 Å². The Bertz CT molecular complexity index is 438. The van der Waals surface area contributed by atoms with Crippen molar-refractivity contribution in [2.45, 2.75) is 19.8 Å². The molecule has 0 fully saturated rings. The minimum atomic E-state index is 0.481. The number of nitrogens with zero attached hydrogens (tertiary/aromatic N) is 3. The Balaban J connectivity index is 2.42. The van der Waals surface area contributed by atoms with Gasteiger partial charge in [0.2, 0.25) is 0 Å². The van der Waals surface area contributed by atoms with Crippen LogP contribution in [0.3, 0.4) is 0 Å². The van der Waals surface area contributed by atoms with Crippen molar-refractivity contribution in [3.63, 3.8) is 0 Å². The molecule has 0 spiro atoms. The van der Waals surface area contributed by atoms with Crippen molar-refractivity contribution in [3.05, 3.63) is 42.4 Å². The van der Waals surface area contributed by atoms with Gasteiger partial charge < -0.3 is 0 Å². The number of rotatable bonds is 2. The lowest BCUT2D eigenvalue weighted by Crippen LogP contribution is -1.92. The lowest BCUT2D eigenvalue weighted by Gasteiger charge is -2.06. The average molecular weight is 199 g/mol. The third-order valence-electron chi connectivity index (χ3n) is 2.29. The Labute approximate surface area is 89.2 Å². The standard InChI is InChI=1S/C12H13N3/c1-9(2)10-6-11(8-13-7-10)12-4-3-5-14-15-12/h3-9H,1-2H3. The molecule has 3 nitrogen and oxygen atoms in total.